The Morgan fingerprint density at radius 3 is 2.88 bits per heavy atom. The predicted octanol–water partition coefficient (Wildman–Crippen LogP) is 0.783. The third kappa shape index (κ3) is 3.21. The molecule has 8 heteroatoms. The van der Waals surface area contributed by atoms with Crippen molar-refractivity contribution in [2.45, 2.75) is 0 Å². The first kappa shape index (κ1) is 13.5. The zero-order valence-electron chi connectivity index (χ0n) is 9.09. The van der Waals surface area contributed by atoms with Crippen molar-refractivity contribution in [3.05, 3.63) is 32.4 Å². The van der Waals surface area contributed by atoms with E-state index in [9.17, 15) is 14.9 Å². The average molecular weight is 303 g/mol. The third-order valence-electron chi connectivity index (χ3n) is 2.07. The zero-order chi connectivity index (χ0) is 13.0. The molecule has 7 nitrogen and oxygen atoms in total. The molecule has 0 aromatic carbocycles. The fourth-order valence-electron chi connectivity index (χ4n) is 1.19. The van der Waals surface area contributed by atoms with Gasteiger partial charge < -0.3 is 20.7 Å². The Hall–Kier alpha value is -1.54. The molecule has 1 heterocycles. The molecular weight excluding hydrogens is 292 g/mol. The van der Waals surface area contributed by atoms with Gasteiger partial charge in [-0.1, -0.05) is 0 Å². The summed E-state index contributed by atoms with van der Waals surface area (Å²) in [5.74, 6) is -0.703. The van der Waals surface area contributed by atoms with Crippen LogP contribution >= 0.6 is 15.9 Å². The second kappa shape index (κ2) is 5.69. The van der Waals surface area contributed by atoms with Crippen LogP contribution in [-0.4, -0.2) is 40.9 Å². The van der Waals surface area contributed by atoms with Crippen molar-refractivity contribution in [2.75, 3.05) is 20.1 Å². The maximum Gasteiger partial charge on any atom is 0.364 e. The van der Waals surface area contributed by atoms with E-state index >= 15 is 0 Å². The lowest BCUT2D eigenvalue weighted by Crippen LogP contribution is -2.32. The fraction of sp³-hybridized carbons (Fsp3) is 0.333. The van der Waals surface area contributed by atoms with Crippen molar-refractivity contribution in [2.24, 2.45) is 5.73 Å². The van der Waals surface area contributed by atoms with Gasteiger partial charge in [-0.25, -0.2) is 0 Å². The molecule has 1 amide bonds. The monoisotopic (exact) mass is 302 g/mol. The number of rotatable bonds is 4. The van der Waals surface area contributed by atoms with E-state index in [-0.39, 0.29) is 17.3 Å². The van der Waals surface area contributed by atoms with Crippen LogP contribution in [0.3, 0.4) is 0 Å². The Morgan fingerprint density at radius 1 is 1.71 bits per heavy atom. The molecule has 0 aliphatic carbocycles. The highest BCUT2D eigenvalue weighted by atomic mass is 79.9. The summed E-state index contributed by atoms with van der Waals surface area (Å²) in [5.41, 5.74) is 5.53. The van der Waals surface area contributed by atoms with Crippen LogP contribution in [0.1, 0.15) is 10.4 Å². The van der Waals surface area contributed by atoms with Crippen LogP contribution < -0.4 is 5.73 Å². The second-order valence-electron chi connectivity index (χ2n) is 3.29. The van der Waals surface area contributed by atoms with Crippen LogP contribution in [0, 0.1) is 10.1 Å². The summed E-state index contributed by atoms with van der Waals surface area (Å²) in [6.45, 7) is 0.703. The quantitative estimate of drug-likeness (QED) is 0.654. The van der Waals surface area contributed by atoms with Gasteiger partial charge in [-0.2, -0.15) is 0 Å². The first-order chi connectivity index (χ1) is 7.97. The van der Waals surface area contributed by atoms with Gasteiger partial charge in [-0.05, 0) is 25.8 Å². The lowest BCUT2D eigenvalue weighted by molar-refractivity contribution is -0.389. The molecule has 1 aromatic heterocycles. The Morgan fingerprint density at radius 2 is 2.35 bits per heavy atom. The van der Waals surface area contributed by atoms with Gasteiger partial charge in [0.1, 0.15) is 0 Å². The van der Waals surface area contributed by atoms with E-state index in [2.05, 4.69) is 20.9 Å². The number of likely N-dealkylation sites (N-methyl/N-ethyl adjacent to an activating group) is 1. The summed E-state index contributed by atoms with van der Waals surface area (Å²) in [4.78, 5) is 26.8. The van der Waals surface area contributed by atoms with Crippen molar-refractivity contribution in [3.63, 3.8) is 0 Å². The van der Waals surface area contributed by atoms with Crippen molar-refractivity contribution >= 4 is 27.7 Å². The van der Waals surface area contributed by atoms with E-state index in [1.54, 1.807) is 7.05 Å². The Labute approximate surface area is 106 Å². The molecule has 0 saturated carbocycles. The Bertz CT molecular complexity index is 452. The van der Waals surface area contributed by atoms with Gasteiger partial charge in [0.05, 0.1) is 10.0 Å². The number of nitrogens with zero attached hydrogens (tertiary/aromatic N) is 3. The van der Waals surface area contributed by atoms with Crippen LogP contribution in [0.5, 0.6) is 0 Å². The third-order valence-corrected chi connectivity index (χ3v) is 2.70. The first-order valence-electron chi connectivity index (χ1n) is 4.72. The molecule has 0 radical (unpaired) electrons. The van der Waals surface area contributed by atoms with E-state index in [0.717, 1.165) is 6.07 Å². The summed E-state index contributed by atoms with van der Waals surface area (Å²) in [6, 6.07) is 1.14. The smallest absolute Gasteiger partial charge is 0.358 e. The molecule has 17 heavy (non-hydrogen) atoms. The minimum Gasteiger partial charge on any atom is -0.358 e. The molecule has 0 aliphatic heterocycles. The van der Waals surface area contributed by atoms with Gasteiger partial charge in [0, 0.05) is 26.2 Å². The minimum atomic E-state index is -0.647. The van der Waals surface area contributed by atoms with Gasteiger partial charge in [0.25, 0.3) is 5.91 Å². The van der Waals surface area contributed by atoms with Crippen LogP contribution in [0.15, 0.2) is 16.7 Å². The minimum absolute atomic E-state index is 0.197. The van der Waals surface area contributed by atoms with E-state index in [4.69, 9.17) is 5.73 Å². The van der Waals surface area contributed by atoms with Crippen LogP contribution in [-0.2, 0) is 0 Å². The van der Waals surface area contributed by atoms with Gasteiger partial charge >= 0.3 is 5.82 Å². The maximum absolute atomic E-state index is 11.9. The highest BCUT2D eigenvalue weighted by molar-refractivity contribution is 9.10. The molecule has 2 N–H and O–H groups in total. The molecule has 0 bridgehead atoms. The molecule has 0 spiro atoms. The number of hydrogen-bond donors (Lipinski definition) is 1. The zero-order valence-corrected chi connectivity index (χ0v) is 10.7. The summed E-state index contributed by atoms with van der Waals surface area (Å²) in [7, 11) is 1.58. The van der Waals surface area contributed by atoms with E-state index in [0.29, 0.717) is 17.6 Å². The number of nitrogens with two attached hydrogens (primary N) is 1. The first-order valence-corrected chi connectivity index (χ1v) is 5.52. The average Bonchev–Trinajstić information content (AvgIpc) is 2.28. The number of pyridine rings is 1. The van der Waals surface area contributed by atoms with E-state index < -0.39 is 4.92 Å². The maximum atomic E-state index is 11.9. The summed E-state index contributed by atoms with van der Waals surface area (Å²) in [6.07, 6.45) is 1.24. The number of carbonyl (C=O) groups is 1. The van der Waals surface area contributed by atoms with Gasteiger partial charge in [0.15, 0.2) is 6.20 Å². The molecule has 92 valence electrons. The molecule has 0 fully saturated rings. The number of amides is 1. The SMILES string of the molecule is CN(CCN)C(=O)c1cc([N+](=O)[O-])ncc1Br. The summed E-state index contributed by atoms with van der Waals surface area (Å²) in [5, 5.41) is 10.6. The second-order valence-corrected chi connectivity index (χ2v) is 4.15. The standard InChI is InChI=1S/C9H11BrN4O3/c1-13(3-2-11)9(15)6-4-8(14(16)17)12-5-7(6)10/h4-5H,2-3,11H2,1H3. The molecule has 1 rings (SSSR count). The molecule has 1 aromatic rings. The lowest BCUT2D eigenvalue weighted by atomic mass is 10.2. The molecule has 0 unspecified atom stereocenters. The van der Waals surface area contributed by atoms with Gasteiger partial charge in [-0.3, -0.25) is 4.79 Å². The summed E-state index contributed by atoms with van der Waals surface area (Å²) >= 11 is 3.14. The lowest BCUT2D eigenvalue weighted by Gasteiger charge is -2.16. The molecular formula is C9H11BrN4O3. The normalized spacial score (nSPS) is 10.1. The predicted molar refractivity (Wildman–Crippen MR) is 64.6 cm³/mol. The Balaban J connectivity index is 3.07. The fourth-order valence-corrected chi connectivity index (χ4v) is 1.58. The van der Waals surface area contributed by atoms with Crippen molar-refractivity contribution < 1.29 is 9.72 Å². The molecule has 0 saturated heterocycles. The van der Waals surface area contributed by atoms with E-state index in [1.165, 1.54) is 11.1 Å². The van der Waals surface area contributed by atoms with Gasteiger partial charge in [-0.15, -0.1) is 0 Å². The van der Waals surface area contributed by atoms with Crippen LogP contribution in [0.25, 0.3) is 0 Å². The van der Waals surface area contributed by atoms with Crippen LogP contribution in [0.2, 0.25) is 0 Å². The number of nitro groups is 1. The number of hydrogen-bond acceptors (Lipinski definition) is 5. The van der Waals surface area contributed by atoms with Crippen molar-refractivity contribution in [1.29, 1.82) is 0 Å². The number of halogens is 1. The van der Waals surface area contributed by atoms with Crippen molar-refractivity contribution in [1.82, 2.24) is 9.88 Å². The highest BCUT2D eigenvalue weighted by Gasteiger charge is 2.19. The highest BCUT2D eigenvalue weighted by Crippen LogP contribution is 2.21. The summed E-state index contributed by atoms with van der Waals surface area (Å²) < 4.78 is 0.414. The molecule has 0 aliphatic rings. The number of aromatic nitrogens is 1. The topological polar surface area (TPSA) is 102 Å². The molecule has 0 atom stereocenters. The van der Waals surface area contributed by atoms with E-state index in [1.807, 2.05) is 0 Å². The largest absolute Gasteiger partial charge is 0.364 e. The number of carbonyl (C=O) groups excluding carboxylic acids is 1. The van der Waals surface area contributed by atoms with Gasteiger partial charge in [0.2, 0.25) is 0 Å². The van der Waals surface area contributed by atoms with Crippen molar-refractivity contribution in [3.8, 4) is 0 Å². The van der Waals surface area contributed by atoms with Crippen LogP contribution in [0.4, 0.5) is 5.82 Å². The Kier molecular flexibility index (Phi) is 4.53.